The summed E-state index contributed by atoms with van der Waals surface area (Å²) in [5.41, 5.74) is 4.48. The molecule has 3 N–H and O–H groups in total. The topological polar surface area (TPSA) is 59.1 Å². The number of nitrogens with two attached hydrogens (primary N) is 1. The van der Waals surface area contributed by atoms with E-state index in [1.807, 2.05) is 0 Å². The summed E-state index contributed by atoms with van der Waals surface area (Å²) in [5.74, 6) is -1.10. The Labute approximate surface area is 78.4 Å². The summed E-state index contributed by atoms with van der Waals surface area (Å²) < 4.78 is 37.3. The smallest absolute Gasteiger partial charge is 0.283 e. The van der Waals surface area contributed by atoms with Gasteiger partial charge in [0.15, 0.2) is 5.82 Å². The van der Waals surface area contributed by atoms with Gasteiger partial charge in [-0.15, -0.1) is 0 Å². The fraction of sp³-hybridized carbons (Fsp3) is 0.375. The van der Waals surface area contributed by atoms with Crippen LogP contribution in [0.4, 0.5) is 13.2 Å². The molecule has 0 aliphatic rings. The van der Waals surface area contributed by atoms with E-state index in [4.69, 9.17) is 10.8 Å². The summed E-state index contributed by atoms with van der Waals surface area (Å²) >= 11 is 0. The van der Waals surface area contributed by atoms with Gasteiger partial charge in [-0.1, -0.05) is 0 Å². The lowest BCUT2D eigenvalue weighted by Gasteiger charge is -2.07. The lowest BCUT2D eigenvalue weighted by Crippen LogP contribution is -2.08. The molecule has 0 amide bonds. The van der Waals surface area contributed by atoms with Gasteiger partial charge in [0.25, 0.3) is 6.43 Å². The lowest BCUT2D eigenvalue weighted by atomic mass is 10.1. The number of hydrogen-bond donors (Lipinski definition) is 2. The van der Waals surface area contributed by atoms with Crippen molar-refractivity contribution in [1.29, 1.82) is 0 Å². The van der Waals surface area contributed by atoms with Gasteiger partial charge < -0.3 is 10.8 Å². The van der Waals surface area contributed by atoms with Crippen LogP contribution in [0.2, 0.25) is 0 Å². The van der Waals surface area contributed by atoms with E-state index >= 15 is 0 Å². The second kappa shape index (κ2) is 4.39. The average Bonchev–Trinajstić information content (AvgIpc) is 2.16. The first-order chi connectivity index (χ1) is 6.60. The number of aliphatic hydroxyl groups is 1. The summed E-state index contributed by atoms with van der Waals surface area (Å²) in [6, 6.07) is 0.875. The van der Waals surface area contributed by atoms with Crippen LogP contribution in [0.3, 0.4) is 0 Å². The predicted octanol–water partition coefficient (Wildman–Crippen LogP) is 1.11. The van der Waals surface area contributed by atoms with Crippen molar-refractivity contribution in [3.8, 4) is 0 Å². The second-order valence-corrected chi connectivity index (χ2v) is 2.62. The maximum Gasteiger partial charge on any atom is 0.283 e. The molecule has 0 saturated heterocycles. The highest BCUT2D eigenvalue weighted by molar-refractivity contribution is 5.24. The first-order valence-electron chi connectivity index (χ1n) is 3.87. The molecular formula is C8H9F3N2O. The van der Waals surface area contributed by atoms with E-state index in [0.29, 0.717) is 0 Å². The number of halogens is 3. The van der Waals surface area contributed by atoms with Crippen LogP contribution in [0.25, 0.3) is 0 Å². The minimum atomic E-state index is -2.99. The van der Waals surface area contributed by atoms with E-state index < -0.39 is 24.5 Å². The van der Waals surface area contributed by atoms with Crippen molar-refractivity contribution in [2.45, 2.75) is 19.6 Å². The minimum absolute atomic E-state index is 0.01000. The molecule has 0 aliphatic heterocycles. The van der Waals surface area contributed by atoms with Crippen LogP contribution in [0.5, 0.6) is 0 Å². The molecule has 3 nitrogen and oxygen atoms in total. The quantitative estimate of drug-likeness (QED) is 0.778. The number of rotatable bonds is 3. The van der Waals surface area contributed by atoms with Crippen molar-refractivity contribution in [2.24, 2.45) is 5.73 Å². The Morgan fingerprint density at radius 3 is 2.57 bits per heavy atom. The maximum absolute atomic E-state index is 12.9. The largest absolute Gasteiger partial charge is 0.390 e. The number of aromatic nitrogens is 1. The Balaban J connectivity index is 3.23. The van der Waals surface area contributed by atoms with Gasteiger partial charge in [-0.05, 0) is 11.6 Å². The molecule has 0 aromatic carbocycles. The zero-order valence-corrected chi connectivity index (χ0v) is 7.17. The highest BCUT2D eigenvalue weighted by Crippen LogP contribution is 2.22. The zero-order chi connectivity index (χ0) is 10.7. The van der Waals surface area contributed by atoms with Crippen LogP contribution in [0, 0.1) is 5.82 Å². The van der Waals surface area contributed by atoms with Crippen LogP contribution in [0.15, 0.2) is 6.07 Å². The van der Waals surface area contributed by atoms with E-state index in [9.17, 15) is 13.2 Å². The Kier molecular flexibility index (Phi) is 3.43. The third-order valence-electron chi connectivity index (χ3n) is 1.75. The fourth-order valence-electron chi connectivity index (χ4n) is 1.05. The van der Waals surface area contributed by atoms with Crippen molar-refractivity contribution in [3.63, 3.8) is 0 Å². The molecule has 0 spiro atoms. The molecule has 0 saturated carbocycles. The molecule has 0 atom stereocenters. The summed E-state index contributed by atoms with van der Waals surface area (Å²) in [4.78, 5) is 3.31. The van der Waals surface area contributed by atoms with Crippen LogP contribution in [-0.2, 0) is 13.2 Å². The minimum Gasteiger partial charge on any atom is -0.390 e. The molecule has 1 rings (SSSR count). The Morgan fingerprint density at radius 2 is 2.14 bits per heavy atom. The van der Waals surface area contributed by atoms with Gasteiger partial charge >= 0.3 is 0 Å². The summed E-state index contributed by atoms with van der Waals surface area (Å²) in [6.45, 7) is -0.587. The van der Waals surface area contributed by atoms with E-state index in [0.717, 1.165) is 6.07 Å². The molecule has 6 heteroatoms. The van der Waals surface area contributed by atoms with Crippen molar-refractivity contribution < 1.29 is 18.3 Å². The fourth-order valence-corrected chi connectivity index (χ4v) is 1.05. The second-order valence-electron chi connectivity index (χ2n) is 2.62. The predicted molar refractivity (Wildman–Crippen MR) is 43.0 cm³/mol. The number of alkyl halides is 2. The molecule has 1 heterocycles. The van der Waals surface area contributed by atoms with Crippen molar-refractivity contribution in [2.75, 3.05) is 0 Å². The van der Waals surface area contributed by atoms with Crippen LogP contribution < -0.4 is 5.73 Å². The first kappa shape index (κ1) is 10.9. The van der Waals surface area contributed by atoms with Crippen molar-refractivity contribution in [3.05, 3.63) is 28.8 Å². The first-order valence-corrected chi connectivity index (χ1v) is 3.87. The van der Waals surface area contributed by atoms with Crippen molar-refractivity contribution in [1.82, 2.24) is 4.98 Å². The molecule has 14 heavy (non-hydrogen) atoms. The molecule has 0 fully saturated rings. The molecule has 0 bridgehead atoms. The Hall–Kier alpha value is -1.14. The third-order valence-corrected chi connectivity index (χ3v) is 1.75. The van der Waals surface area contributed by atoms with Gasteiger partial charge in [0.2, 0.25) is 0 Å². The molecule has 1 aromatic rings. The Bertz CT molecular complexity index is 331. The molecule has 78 valence electrons. The van der Waals surface area contributed by atoms with E-state index in [1.165, 1.54) is 0 Å². The molecular weight excluding hydrogens is 197 g/mol. The zero-order valence-electron chi connectivity index (χ0n) is 7.17. The van der Waals surface area contributed by atoms with E-state index in [2.05, 4.69) is 4.98 Å². The Morgan fingerprint density at radius 1 is 1.50 bits per heavy atom. The van der Waals surface area contributed by atoms with Gasteiger partial charge in [0.1, 0.15) is 5.69 Å². The van der Waals surface area contributed by atoms with E-state index in [1.54, 1.807) is 0 Å². The SMILES string of the molecule is NCc1cc(F)c(C(F)F)nc1CO. The van der Waals surface area contributed by atoms with E-state index in [-0.39, 0.29) is 17.8 Å². The number of pyridine rings is 1. The summed E-state index contributed by atoms with van der Waals surface area (Å²) in [5, 5.41) is 8.76. The standard InChI is InChI=1S/C8H9F3N2O/c9-5-1-4(2-12)6(3-14)13-7(5)8(10)11/h1,8,14H,2-3,12H2. The molecule has 0 radical (unpaired) electrons. The monoisotopic (exact) mass is 206 g/mol. The highest BCUT2D eigenvalue weighted by Gasteiger charge is 2.17. The number of nitrogens with zero attached hydrogens (tertiary/aromatic N) is 1. The summed E-state index contributed by atoms with van der Waals surface area (Å²) in [6.07, 6.45) is -2.99. The van der Waals surface area contributed by atoms with Gasteiger partial charge in [-0.3, -0.25) is 0 Å². The third kappa shape index (κ3) is 2.02. The molecule has 1 aromatic heterocycles. The highest BCUT2D eigenvalue weighted by atomic mass is 19.3. The van der Waals surface area contributed by atoms with Crippen molar-refractivity contribution >= 4 is 0 Å². The maximum atomic E-state index is 12.9. The van der Waals surface area contributed by atoms with Crippen LogP contribution >= 0.6 is 0 Å². The van der Waals surface area contributed by atoms with Gasteiger partial charge in [-0.25, -0.2) is 18.2 Å². The lowest BCUT2D eigenvalue weighted by molar-refractivity contribution is 0.139. The van der Waals surface area contributed by atoms with Gasteiger partial charge in [0, 0.05) is 6.54 Å². The summed E-state index contributed by atoms with van der Waals surface area (Å²) in [7, 11) is 0. The number of aliphatic hydroxyl groups excluding tert-OH is 1. The number of hydrogen-bond acceptors (Lipinski definition) is 3. The van der Waals surface area contributed by atoms with Gasteiger partial charge in [-0.2, -0.15) is 0 Å². The molecule has 0 aliphatic carbocycles. The van der Waals surface area contributed by atoms with Crippen LogP contribution in [-0.4, -0.2) is 10.1 Å². The molecule has 0 unspecified atom stereocenters. The van der Waals surface area contributed by atoms with Crippen LogP contribution in [0.1, 0.15) is 23.4 Å². The average molecular weight is 206 g/mol. The normalized spacial score (nSPS) is 11.0. The van der Waals surface area contributed by atoms with Gasteiger partial charge in [0.05, 0.1) is 12.3 Å².